The average Bonchev–Trinajstić information content (AvgIpc) is 3.35. The fourth-order valence-electron chi connectivity index (χ4n) is 4.77. The molecule has 1 amide bonds. The van der Waals surface area contributed by atoms with Gasteiger partial charge in [-0.2, -0.15) is 13.2 Å². The van der Waals surface area contributed by atoms with E-state index in [9.17, 15) is 27.9 Å². The molecular weight excluding hydrogens is 650 g/mol. The molecule has 0 spiro atoms. The molecule has 248 valence electrons. The number of piperidine rings is 1. The number of halogens is 5. The van der Waals surface area contributed by atoms with Crippen molar-refractivity contribution in [3.63, 3.8) is 0 Å². The zero-order chi connectivity index (χ0) is 33.3. The monoisotopic (exact) mass is 681 g/mol. The van der Waals surface area contributed by atoms with Gasteiger partial charge in [0, 0.05) is 54.9 Å². The first-order valence-electron chi connectivity index (χ1n) is 13.6. The first kappa shape index (κ1) is 36.0. The molecule has 0 bridgehead atoms. The molecule has 0 radical (unpaired) electrons. The zero-order valence-electron chi connectivity index (χ0n) is 23.7. The van der Waals surface area contributed by atoms with E-state index < -0.39 is 30.8 Å². The Hall–Kier alpha value is -3.50. The molecule has 2 saturated heterocycles. The minimum Gasteiger partial charge on any atom is -0.490 e. The second-order valence-corrected chi connectivity index (χ2v) is 11.0. The molecule has 17 heteroatoms. The second-order valence-electron chi connectivity index (χ2n) is 10.1. The molecule has 2 aromatic rings. The first-order chi connectivity index (χ1) is 21.2. The van der Waals surface area contributed by atoms with Crippen molar-refractivity contribution < 1.29 is 57.5 Å². The molecule has 5 N–H and O–H groups in total. The Bertz CT molecular complexity index is 1330. The third-order valence-corrected chi connectivity index (χ3v) is 7.46. The number of ether oxygens (including phenoxy) is 2. The maximum Gasteiger partial charge on any atom is 0.490 e. The molecule has 0 unspecified atom stereocenters. The number of β-amino-alcohol motifs (C(OH)–C–C–N with tert-alkyl or cyclic N) is 1. The molecule has 2 fully saturated rings. The lowest BCUT2D eigenvalue weighted by atomic mass is 10.0. The van der Waals surface area contributed by atoms with Crippen LogP contribution in [0.5, 0.6) is 11.5 Å². The van der Waals surface area contributed by atoms with Crippen LogP contribution < -0.4 is 19.7 Å². The van der Waals surface area contributed by atoms with Gasteiger partial charge in [0.1, 0.15) is 18.1 Å². The van der Waals surface area contributed by atoms with Crippen molar-refractivity contribution in [3.8, 4) is 11.5 Å². The molecule has 45 heavy (non-hydrogen) atoms. The lowest BCUT2D eigenvalue weighted by Gasteiger charge is -2.34. The highest BCUT2D eigenvalue weighted by atomic mass is 35.5. The van der Waals surface area contributed by atoms with Gasteiger partial charge in [-0.25, -0.2) is 9.59 Å². The first-order valence-corrected chi connectivity index (χ1v) is 14.4. The Morgan fingerprint density at radius 1 is 0.978 bits per heavy atom. The summed E-state index contributed by atoms with van der Waals surface area (Å²) in [5, 5.41) is 40.5. The van der Waals surface area contributed by atoms with Crippen molar-refractivity contribution >= 4 is 46.7 Å². The maximum atomic E-state index is 12.8. The Morgan fingerprint density at radius 2 is 1.60 bits per heavy atom. The van der Waals surface area contributed by atoms with E-state index in [1.165, 1.54) is 6.07 Å². The van der Waals surface area contributed by atoms with Gasteiger partial charge in [0.2, 0.25) is 0 Å². The summed E-state index contributed by atoms with van der Waals surface area (Å²) in [5.41, 5.74) is 1.14. The normalized spacial score (nSPS) is 18.6. The summed E-state index contributed by atoms with van der Waals surface area (Å²) in [4.78, 5) is 36.5. The van der Waals surface area contributed by atoms with E-state index in [4.69, 9.17) is 52.8 Å². The number of anilines is 1. The van der Waals surface area contributed by atoms with E-state index in [-0.39, 0.29) is 48.5 Å². The van der Waals surface area contributed by atoms with Crippen LogP contribution in [0, 0.1) is 0 Å². The van der Waals surface area contributed by atoms with Crippen LogP contribution in [0.25, 0.3) is 0 Å². The van der Waals surface area contributed by atoms with E-state index in [2.05, 4.69) is 5.32 Å². The summed E-state index contributed by atoms with van der Waals surface area (Å²) in [7, 11) is 0. The number of nitrogens with one attached hydrogen (secondary N) is 1. The molecular formula is C28H32Cl2F3N3O9. The summed E-state index contributed by atoms with van der Waals surface area (Å²) in [6.45, 7) is 1.22. The van der Waals surface area contributed by atoms with Crippen LogP contribution in [0.4, 0.5) is 18.9 Å². The van der Waals surface area contributed by atoms with Gasteiger partial charge in [-0.05, 0) is 37.1 Å². The number of likely N-dealkylation sites (tertiary alicyclic amines) is 1. The number of carbonyl (C=O) groups excluding carboxylic acids is 1. The largest absolute Gasteiger partial charge is 0.490 e. The fourth-order valence-corrected chi connectivity index (χ4v) is 5.10. The molecule has 2 atom stereocenters. The van der Waals surface area contributed by atoms with Crippen LogP contribution in [0.3, 0.4) is 0 Å². The molecule has 2 aliphatic rings. The number of carboxylic acids is 2. The van der Waals surface area contributed by atoms with Crippen LogP contribution in [0.2, 0.25) is 10.0 Å². The number of nitrogens with zero attached hydrogens (tertiary/aromatic N) is 2. The summed E-state index contributed by atoms with van der Waals surface area (Å²) >= 11 is 12.2. The average molecular weight is 682 g/mol. The Balaban J connectivity index is 0.000000707. The van der Waals surface area contributed by atoms with Crippen molar-refractivity contribution in [1.82, 2.24) is 10.2 Å². The Kier molecular flexibility index (Phi) is 12.9. The molecule has 0 aliphatic carbocycles. The second kappa shape index (κ2) is 16.2. The highest BCUT2D eigenvalue weighted by molar-refractivity contribution is 6.32. The third-order valence-electron chi connectivity index (χ3n) is 6.91. The number of hydrogen-bond donors (Lipinski definition) is 5. The standard InChI is InChI=1S/C26H31Cl2N3O7.C2HF3O2/c27-17-3-1-16(2-4-17)26(36)30-7-5-18(6-8-30)29-20-13-31(14-22(20)33)21-12-23(37-10-9-32)19(28)11-24(21)38-15-25(34)35;3-2(4,5)1(6)7/h1-4,11-12,18,20,22,29,32-33H,5-10,13-15H2,(H,34,35);(H,6,7)/t20-,22-;/m0./s1. The summed E-state index contributed by atoms with van der Waals surface area (Å²) < 4.78 is 42.7. The number of benzene rings is 2. The highest BCUT2D eigenvalue weighted by Gasteiger charge is 2.38. The minimum atomic E-state index is -5.08. The molecule has 2 heterocycles. The molecule has 0 saturated carbocycles. The van der Waals surface area contributed by atoms with Gasteiger partial charge in [0.05, 0.1) is 29.5 Å². The number of rotatable bonds is 10. The number of alkyl halides is 3. The van der Waals surface area contributed by atoms with Crippen LogP contribution in [0.15, 0.2) is 36.4 Å². The van der Waals surface area contributed by atoms with Gasteiger partial charge in [-0.1, -0.05) is 23.2 Å². The van der Waals surface area contributed by atoms with Crippen LogP contribution in [-0.4, -0.2) is 114 Å². The number of aliphatic hydroxyl groups is 2. The van der Waals surface area contributed by atoms with Gasteiger partial charge < -0.3 is 45.0 Å². The number of aliphatic hydroxyl groups excluding tert-OH is 2. The lowest BCUT2D eigenvalue weighted by molar-refractivity contribution is -0.192. The molecule has 12 nitrogen and oxygen atoms in total. The van der Waals surface area contributed by atoms with Crippen LogP contribution >= 0.6 is 23.2 Å². The van der Waals surface area contributed by atoms with E-state index in [0.29, 0.717) is 41.7 Å². The van der Waals surface area contributed by atoms with Crippen molar-refractivity contribution in [2.75, 3.05) is 50.9 Å². The van der Waals surface area contributed by atoms with Crippen molar-refractivity contribution in [2.45, 2.75) is 37.2 Å². The number of carboxylic acid groups (broad SMARTS) is 2. The summed E-state index contributed by atoms with van der Waals surface area (Å²) in [5.74, 6) is -3.33. The number of aliphatic carboxylic acids is 2. The predicted octanol–water partition coefficient (Wildman–Crippen LogP) is 2.91. The van der Waals surface area contributed by atoms with Crippen molar-refractivity contribution in [2.24, 2.45) is 0 Å². The van der Waals surface area contributed by atoms with Crippen molar-refractivity contribution in [1.29, 1.82) is 0 Å². The fraction of sp³-hybridized carbons (Fsp3) is 0.464. The minimum absolute atomic E-state index is 0.0250. The van der Waals surface area contributed by atoms with Gasteiger partial charge in [0.25, 0.3) is 5.91 Å². The van der Waals surface area contributed by atoms with Gasteiger partial charge in [0.15, 0.2) is 6.61 Å². The van der Waals surface area contributed by atoms with E-state index in [1.54, 1.807) is 30.3 Å². The number of carbonyl (C=O) groups is 3. The van der Waals surface area contributed by atoms with E-state index in [1.807, 2.05) is 9.80 Å². The summed E-state index contributed by atoms with van der Waals surface area (Å²) in [6.07, 6.45) is -4.28. The zero-order valence-corrected chi connectivity index (χ0v) is 25.2. The topological polar surface area (TPSA) is 169 Å². The maximum absolute atomic E-state index is 12.8. The van der Waals surface area contributed by atoms with Gasteiger partial charge >= 0.3 is 18.1 Å². The van der Waals surface area contributed by atoms with Crippen LogP contribution in [-0.2, 0) is 9.59 Å². The number of hydrogen-bond acceptors (Lipinski definition) is 9. The Morgan fingerprint density at radius 3 is 2.16 bits per heavy atom. The highest BCUT2D eigenvalue weighted by Crippen LogP contribution is 2.40. The lowest BCUT2D eigenvalue weighted by Crippen LogP contribution is -2.50. The third kappa shape index (κ3) is 10.5. The molecule has 0 aromatic heterocycles. The molecule has 2 aromatic carbocycles. The SMILES string of the molecule is O=C(O)C(F)(F)F.O=C(O)COc1cc(Cl)c(OCCO)cc1N1C[C@H](NC2CCN(C(=O)c3ccc(Cl)cc3)CC2)[C@@H](O)C1. The van der Waals surface area contributed by atoms with E-state index in [0.717, 1.165) is 12.8 Å². The predicted molar refractivity (Wildman–Crippen MR) is 156 cm³/mol. The number of amides is 1. The van der Waals surface area contributed by atoms with Gasteiger partial charge in [-0.3, -0.25) is 4.79 Å². The van der Waals surface area contributed by atoms with Gasteiger partial charge in [-0.15, -0.1) is 0 Å². The quantitative estimate of drug-likeness (QED) is 0.250. The van der Waals surface area contributed by atoms with E-state index >= 15 is 0 Å². The molecule has 2 aliphatic heterocycles. The summed E-state index contributed by atoms with van der Waals surface area (Å²) in [6, 6.07) is 9.85. The van der Waals surface area contributed by atoms with Crippen LogP contribution in [0.1, 0.15) is 23.2 Å². The molecule has 4 rings (SSSR count). The smallest absolute Gasteiger partial charge is 0.490 e. The Labute approximate surface area is 265 Å². The van der Waals surface area contributed by atoms with Crippen molar-refractivity contribution in [3.05, 3.63) is 52.0 Å².